The normalized spacial score (nSPS) is 11.1. The average Bonchev–Trinajstić information content (AvgIpc) is 2.63. The lowest BCUT2D eigenvalue weighted by Gasteiger charge is -1.95. The van der Waals surface area contributed by atoms with Crippen LogP contribution in [-0.2, 0) is 0 Å². The van der Waals surface area contributed by atoms with Crippen LogP contribution in [0.5, 0.6) is 0 Å². The van der Waals surface area contributed by atoms with E-state index in [4.69, 9.17) is 12.2 Å². The molecule has 0 aliphatic rings. The molecule has 16 heavy (non-hydrogen) atoms. The maximum Gasteiger partial charge on any atom is 0.216 e. The summed E-state index contributed by atoms with van der Waals surface area (Å²) in [6.07, 6.45) is 2.58. The van der Waals surface area contributed by atoms with Gasteiger partial charge in [0, 0.05) is 11.6 Å². The maximum atomic E-state index is 13.2. The Bertz CT molecular complexity index is 587. The molecule has 0 spiro atoms. The third-order valence-electron chi connectivity index (χ3n) is 1.82. The zero-order valence-electron chi connectivity index (χ0n) is 7.89. The number of hydrogen-bond acceptors (Lipinski definition) is 3. The first-order chi connectivity index (χ1) is 7.66. The highest BCUT2D eigenvalue weighted by Gasteiger charge is 2.00. The molecule has 0 fully saturated rings. The van der Waals surface area contributed by atoms with Crippen LogP contribution >= 0.6 is 12.2 Å². The summed E-state index contributed by atoms with van der Waals surface area (Å²) in [6, 6.07) is 3.23. The molecule has 2 aromatic rings. The number of halogens is 2. The van der Waals surface area contributed by atoms with Gasteiger partial charge in [-0.15, -0.1) is 0 Å². The first-order valence-corrected chi connectivity index (χ1v) is 4.69. The molecule has 7 heteroatoms. The molecule has 82 valence electrons. The molecule has 0 aliphatic heterocycles. The summed E-state index contributed by atoms with van der Waals surface area (Å²) >= 11 is 4.83. The Morgan fingerprint density at radius 2 is 2.25 bits per heavy atom. The van der Waals surface area contributed by atoms with E-state index in [-0.39, 0.29) is 5.56 Å². The van der Waals surface area contributed by atoms with Gasteiger partial charge in [-0.1, -0.05) is 0 Å². The number of benzene rings is 1. The number of aromatic nitrogens is 3. The molecule has 0 saturated carbocycles. The molecule has 0 radical (unpaired) electrons. The average molecular weight is 240 g/mol. The first-order valence-electron chi connectivity index (χ1n) is 4.28. The molecule has 0 unspecified atom stereocenters. The third kappa shape index (κ3) is 2.19. The van der Waals surface area contributed by atoms with E-state index in [0.29, 0.717) is 4.77 Å². The fourth-order valence-corrected chi connectivity index (χ4v) is 1.20. The van der Waals surface area contributed by atoms with E-state index in [1.807, 2.05) is 0 Å². The molecular weight excluding hydrogens is 234 g/mol. The van der Waals surface area contributed by atoms with E-state index >= 15 is 0 Å². The standard InChI is InChI=1S/C9H6F2N4S/c10-7-2-1-6(8(11)3-7)4-13-15-5-12-14-9(15)16/h1-5H,(H,14,16)/b13-4-. The Hall–Kier alpha value is -1.89. The molecule has 1 aromatic carbocycles. The summed E-state index contributed by atoms with van der Waals surface area (Å²) < 4.78 is 27.3. The van der Waals surface area contributed by atoms with Crippen molar-refractivity contribution in [3.8, 4) is 0 Å². The van der Waals surface area contributed by atoms with Gasteiger partial charge in [0.2, 0.25) is 4.77 Å². The van der Waals surface area contributed by atoms with Crippen LogP contribution < -0.4 is 0 Å². The van der Waals surface area contributed by atoms with E-state index in [1.165, 1.54) is 23.3 Å². The van der Waals surface area contributed by atoms with Crippen molar-refractivity contribution in [1.82, 2.24) is 14.9 Å². The number of hydrogen-bond donors (Lipinski definition) is 1. The summed E-state index contributed by atoms with van der Waals surface area (Å²) in [5, 5.41) is 9.98. The molecule has 0 amide bonds. The fourth-order valence-electron chi connectivity index (χ4n) is 1.06. The van der Waals surface area contributed by atoms with Crippen molar-refractivity contribution in [3.63, 3.8) is 0 Å². The van der Waals surface area contributed by atoms with Crippen LogP contribution in [0.4, 0.5) is 8.78 Å². The van der Waals surface area contributed by atoms with Gasteiger partial charge in [0.15, 0.2) is 0 Å². The first kappa shape index (κ1) is 10.6. The zero-order chi connectivity index (χ0) is 11.5. The molecule has 4 nitrogen and oxygen atoms in total. The Morgan fingerprint density at radius 3 is 2.88 bits per heavy atom. The van der Waals surface area contributed by atoms with Crippen molar-refractivity contribution < 1.29 is 8.78 Å². The van der Waals surface area contributed by atoms with Crippen molar-refractivity contribution in [2.45, 2.75) is 0 Å². The van der Waals surface area contributed by atoms with Crippen LogP contribution in [0, 0.1) is 16.4 Å². The minimum atomic E-state index is -0.682. The highest BCUT2D eigenvalue weighted by molar-refractivity contribution is 7.71. The molecule has 0 saturated heterocycles. The van der Waals surface area contributed by atoms with E-state index < -0.39 is 11.6 Å². The lowest BCUT2D eigenvalue weighted by Crippen LogP contribution is -1.93. The minimum absolute atomic E-state index is 0.171. The van der Waals surface area contributed by atoms with Gasteiger partial charge in [0.25, 0.3) is 0 Å². The van der Waals surface area contributed by atoms with Crippen LogP contribution in [0.25, 0.3) is 0 Å². The van der Waals surface area contributed by atoms with Crippen molar-refractivity contribution in [2.75, 3.05) is 0 Å². The van der Waals surface area contributed by atoms with Crippen LogP contribution in [0.15, 0.2) is 29.6 Å². The summed E-state index contributed by atoms with van der Waals surface area (Å²) in [6.45, 7) is 0. The van der Waals surface area contributed by atoms with Gasteiger partial charge in [-0.05, 0) is 24.4 Å². The number of nitrogens with zero attached hydrogens (tertiary/aromatic N) is 3. The van der Waals surface area contributed by atoms with Gasteiger partial charge in [-0.3, -0.25) is 5.10 Å². The largest absolute Gasteiger partial charge is 0.250 e. The predicted octanol–water partition coefficient (Wildman–Crippen LogP) is 2.10. The van der Waals surface area contributed by atoms with E-state index in [9.17, 15) is 8.78 Å². The monoisotopic (exact) mass is 240 g/mol. The van der Waals surface area contributed by atoms with Crippen molar-refractivity contribution >= 4 is 18.4 Å². The van der Waals surface area contributed by atoms with Gasteiger partial charge in [0.05, 0.1) is 6.21 Å². The molecule has 2 rings (SSSR count). The third-order valence-corrected chi connectivity index (χ3v) is 2.10. The van der Waals surface area contributed by atoms with E-state index in [0.717, 1.165) is 12.1 Å². The highest BCUT2D eigenvalue weighted by atomic mass is 32.1. The number of nitrogens with one attached hydrogen (secondary N) is 1. The summed E-state index contributed by atoms with van der Waals surface area (Å²) in [4.78, 5) is 0. The molecule has 0 atom stereocenters. The van der Waals surface area contributed by atoms with Crippen LogP contribution in [0.3, 0.4) is 0 Å². The van der Waals surface area contributed by atoms with Crippen molar-refractivity contribution in [2.24, 2.45) is 5.10 Å². The van der Waals surface area contributed by atoms with Crippen LogP contribution in [0.2, 0.25) is 0 Å². The second kappa shape index (κ2) is 4.31. The highest BCUT2D eigenvalue weighted by Crippen LogP contribution is 2.07. The van der Waals surface area contributed by atoms with Gasteiger partial charge < -0.3 is 0 Å². The van der Waals surface area contributed by atoms with Gasteiger partial charge in [-0.25, -0.2) is 8.78 Å². The second-order valence-electron chi connectivity index (χ2n) is 2.92. The summed E-state index contributed by atoms with van der Waals surface area (Å²) in [5.41, 5.74) is 0.171. The number of aromatic amines is 1. The molecule has 1 heterocycles. The Morgan fingerprint density at radius 1 is 1.44 bits per heavy atom. The second-order valence-corrected chi connectivity index (χ2v) is 3.30. The maximum absolute atomic E-state index is 13.2. The topological polar surface area (TPSA) is 46.0 Å². The van der Waals surface area contributed by atoms with Gasteiger partial charge in [0.1, 0.15) is 18.0 Å². The van der Waals surface area contributed by atoms with E-state index in [1.54, 1.807) is 0 Å². The lowest BCUT2D eigenvalue weighted by atomic mass is 10.2. The zero-order valence-corrected chi connectivity index (χ0v) is 8.71. The fraction of sp³-hybridized carbons (Fsp3) is 0. The van der Waals surface area contributed by atoms with Crippen LogP contribution in [-0.4, -0.2) is 21.1 Å². The SMILES string of the molecule is Fc1ccc(/C=N\n2cn[nH]c2=S)c(F)c1. The van der Waals surface area contributed by atoms with E-state index in [2.05, 4.69) is 15.3 Å². The lowest BCUT2D eigenvalue weighted by molar-refractivity contribution is 0.582. The Labute approximate surface area is 94.2 Å². The van der Waals surface area contributed by atoms with Gasteiger partial charge >= 0.3 is 0 Å². The van der Waals surface area contributed by atoms with Crippen LogP contribution in [0.1, 0.15) is 5.56 Å². The Balaban J connectivity index is 2.31. The van der Waals surface area contributed by atoms with Crippen molar-refractivity contribution in [1.29, 1.82) is 0 Å². The quantitative estimate of drug-likeness (QED) is 0.645. The predicted molar refractivity (Wildman–Crippen MR) is 56.8 cm³/mol. The number of H-pyrrole nitrogens is 1. The molecule has 1 N–H and O–H groups in total. The number of rotatable bonds is 2. The van der Waals surface area contributed by atoms with Gasteiger partial charge in [-0.2, -0.15) is 14.9 Å². The van der Waals surface area contributed by atoms with Crippen molar-refractivity contribution in [3.05, 3.63) is 46.5 Å². The molecular formula is C9H6F2N4S. The molecule has 0 aliphatic carbocycles. The summed E-state index contributed by atoms with van der Waals surface area (Å²) in [5.74, 6) is -1.31. The molecule has 1 aromatic heterocycles. The smallest absolute Gasteiger partial charge is 0.216 e. The Kier molecular flexibility index (Phi) is 2.86. The molecule has 0 bridgehead atoms. The summed E-state index contributed by atoms with van der Waals surface area (Å²) in [7, 11) is 0. The minimum Gasteiger partial charge on any atom is -0.250 e.